The lowest BCUT2D eigenvalue weighted by atomic mass is 9.73. The molecule has 3 aliphatic rings. The third-order valence-electron chi connectivity index (χ3n) is 5.61. The summed E-state index contributed by atoms with van der Waals surface area (Å²) in [5, 5.41) is 6.38. The van der Waals surface area contributed by atoms with Crippen LogP contribution in [-0.4, -0.2) is 47.7 Å². The van der Waals surface area contributed by atoms with Crippen molar-refractivity contribution in [3.63, 3.8) is 0 Å². The van der Waals surface area contributed by atoms with Gasteiger partial charge in [-0.3, -0.25) is 4.79 Å². The van der Waals surface area contributed by atoms with Crippen LogP contribution >= 0.6 is 0 Å². The second-order valence-corrected chi connectivity index (χ2v) is 7.71. The fourth-order valence-electron chi connectivity index (χ4n) is 3.98. The Labute approximate surface area is 142 Å². The van der Waals surface area contributed by atoms with Gasteiger partial charge in [0.1, 0.15) is 6.33 Å². The van der Waals surface area contributed by atoms with Crippen molar-refractivity contribution in [2.24, 2.45) is 5.41 Å². The summed E-state index contributed by atoms with van der Waals surface area (Å²) >= 11 is 0. The summed E-state index contributed by atoms with van der Waals surface area (Å²) in [5.41, 5.74) is -0.465. The van der Waals surface area contributed by atoms with E-state index in [0.717, 1.165) is 44.8 Å². The van der Waals surface area contributed by atoms with Crippen molar-refractivity contribution in [1.82, 2.24) is 15.3 Å². The van der Waals surface area contributed by atoms with Gasteiger partial charge in [-0.1, -0.05) is 0 Å². The zero-order chi connectivity index (χ0) is 16.8. The predicted molar refractivity (Wildman–Crippen MR) is 91.4 cm³/mol. The second-order valence-electron chi connectivity index (χ2n) is 7.71. The van der Waals surface area contributed by atoms with Crippen LogP contribution in [0, 0.1) is 5.41 Å². The Bertz CT molecular complexity index is 644. The summed E-state index contributed by atoms with van der Waals surface area (Å²) in [7, 11) is 0. The summed E-state index contributed by atoms with van der Waals surface area (Å²) in [4.78, 5) is 23.0. The van der Waals surface area contributed by atoms with Gasteiger partial charge in [-0.2, -0.15) is 0 Å². The number of nitrogens with zero attached hydrogens (tertiary/aromatic N) is 3. The predicted octanol–water partition coefficient (Wildman–Crippen LogP) is 1.56. The number of hydrogen-bond acceptors (Lipinski definition) is 6. The maximum absolute atomic E-state index is 12.1. The van der Waals surface area contributed by atoms with Gasteiger partial charge in [0.15, 0.2) is 17.2 Å². The van der Waals surface area contributed by atoms with Crippen LogP contribution in [0.5, 0.6) is 5.75 Å². The van der Waals surface area contributed by atoms with Gasteiger partial charge in [0.2, 0.25) is 5.75 Å². The number of hydrogen-bond donors (Lipinski definition) is 2. The lowest BCUT2D eigenvalue weighted by Crippen LogP contribution is -2.49. The first kappa shape index (κ1) is 15.6. The molecule has 2 N–H and O–H groups in total. The van der Waals surface area contributed by atoms with Gasteiger partial charge in [0.05, 0.1) is 0 Å². The Hall–Kier alpha value is -1.89. The van der Waals surface area contributed by atoms with Crippen molar-refractivity contribution < 1.29 is 9.53 Å². The molecule has 0 bridgehead atoms. The average Bonchev–Trinajstić information content (AvgIpc) is 2.57. The van der Waals surface area contributed by atoms with Crippen LogP contribution in [-0.2, 0) is 4.79 Å². The number of carbonyl (C=O) groups is 1. The molecule has 1 aromatic rings. The van der Waals surface area contributed by atoms with E-state index in [1.165, 1.54) is 19.2 Å². The van der Waals surface area contributed by atoms with Crippen molar-refractivity contribution in [1.29, 1.82) is 0 Å². The Morgan fingerprint density at radius 1 is 1.21 bits per heavy atom. The van der Waals surface area contributed by atoms with Crippen LogP contribution in [0.1, 0.15) is 39.5 Å². The maximum atomic E-state index is 12.1. The van der Waals surface area contributed by atoms with Crippen LogP contribution in [0.15, 0.2) is 6.33 Å². The van der Waals surface area contributed by atoms with Crippen LogP contribution in [0.25, 0.3) is 0 Å². The molecular weight excluding hydrogens is 306 g/mol. The van der Waals surface area contributed by atoms with Gasteiger partial charge in [0.25, 0.3) is 5.91 Å². The van der Waals surface area contributed by atoms with E-state index >= 15 is 0 Å². The number of amides is 1. The Morgan fingerprint density at radius 2 is 2.00 bits per heavy atom. The molecule has 1 aromatic heterocycles. The minimum absolute atomic E-state index is 0.175. The third kappa shape index (κ3) is 2.60. The molecule has 0 atom stereocenters. The highest BCUT2D eigenvalue weighted by Gasteiger charge is 2.40. The highest BCUT2D eigenvalue weighted by atomic mass is 16.5. The van der Waals surface area contributed by atoms with Gasteiger partial charge in [0, 0.05) is 19.6 Å². The minimum atomic E-state index is -0.906. The summed E-state index contributed by atoms with van der Waals surface area (Å²) in [5.74, 6) is 1.70. The second kappa shape index (κ2) is 5.58. The molecule has 1 spiro atoms. The van der Waals surface area contributed by atoms with Gasteiger partial charge in [-0.05, 0) is 51.5 Å². The number of ether oxygens (including phenoxy) is 1. The van der Waals surface area contributed by atoms with E-state index in [0.29, 0.717) is 17.0 Å². The number of nitrogens with one attached hydrogen (secondary N) is 2. The van der Waals surface area contributed by atoms with E-state index in [4.69, 9.17) is 4.74 Å². The van der Waals surface area contributed by atoms with E-state index in [1.807, 2.05) is 0 Å². The molecule has 0 unspecified atom stereocenters. The number of aromatic nitrogens is 2. The van der Waals surface area contributed by atoms with E-state index in [2.05, 4.69) is 25.5 Å². The fourth-order valence-corrected chi connectivity index (χ4v) is 3.98. The quantitative estimate of drug-likeness (QED) is 0.813. The zero-order valence-electron chi connectivity index (χ0n) is 14.4. The van der Waals surface area contributed by atoms with E-state index in [9.17, 15) is 4.79 Å². The molecule has 24 heavy (non-hydrogen) atoms. The first-order chi connectivity index (χ1) is 11.5. The number of fused-ring (bicyclic) bond motifs is 1. The van der Waals surface area contributed by atoms with Crippen LogP contribution in [0.2, 0.25) is 0 Å². The topological polar surface area (TPSA) is 79.4 Å². The molecule has 0 aliphatic carbocycles. The molecule has 4 rings (SSSR count). The third-order valence-corrected chi connectivity index (χ3v) is 5.61. The lowest BCUT2D eigenvalue weighted by Gasteiger charge is -2.45. The zero-order valence-corrected chi connectivity index (χ0v) is 14.4. The molecular formula is C17H25N5O2. The van der Waals surface area contributed by atoms with E-state index in [-0.39, 0.29) is 5.91 Å². The van der Waals surface area contributed by atoms with Crippen molar-refractivity contribution in [2.75, 3.05) is 36.4 Å². The minimum Gasteiger partial charge on any atom is -0.470 e. The Balaban J connectivity index is 1.56. The first-order valence-corrected chi connectivity index (χ1v) is 8.80. The summed E-state index contributed by atoms with van der Waals surface area (Å²) in [6.45, 7) is 7.73. The normalized spacial score (nSPS) is 24.9. The van der Waals surface area contributed by atoms with E-state index < -0.39 is 5.60 Å². The molecule has 0 saturated carbocycles. The molecule has 7 heteroatoms. The van der Waals surface area contributed by atoms with Gasteiger partial charge >= 0.3 is 0 Å². The van der Waals surface area contributed by atoms with Crippen molar-refractivity contribution in [3.05, 3.63) is 6.33 Å². The lowest BCUT2D eigenvalue weighted by molar-refractivity contribution is -0.129. The molecule has 2 fully saturated rings. The van der Waals surface area contributed by atoms with Gasteiger partial charge in [-0.25, -0.2) is 9.97 Å². The Morgan fingerprint density at radius 3 is 2.71 bits per heavy atom. The summed E-state index contributed by atoms with van der Waals surface area (Å²) in [6, 6.07) is 0. The monoisotopic (exact) mass is 331 g/mol. The van der Waals surface area contributed by atoms with E-state index in [1.54, 1.807) is 13.8 Å². The molecule has 0 radical (unpaired) electrons. The molecule has 1 amide bonds. The van der Waals surface area contributed by atoms with Crippen LogP contribution < -0.4 is 20.3 Å². The van der Waals surface area contributed by atoms with Crippen molar-refractivity contribution >= 4 is 17.5 Å². The molecule has 2 saturated heterocycles. The maximum Gasteiger partial charge on any atom is 0.269 e. The summed E-state index contributed by atoms with van der Waals surface area (Å²) in [6.07, 6.45) is 6.41. The molecule has 0 aromatic carbocycles. The Kier molecular flexibility index (Phi) is 3.63. The number of carbonyl (C=O) groups excluding carboxylic acids is 1. The number of rotatable bonds is 1. The number of piperidine rings is 2. The van der Waals surface area contributed by atoms with Crippen molar-refractivity contribution in [2.45, 2.75) is 45.1 Å². The summed E-state index contributed by atoms with van der Waals surface area (Å²) < 4.78 is 5.96. The average molecular weight is 331 g/mol. The van der Waals surface area contributed by atoms with Crippen LogP contribution in [0.3, 0.4) is 0 Å². The molecule has 7 nitrogen and oxygen atoms in total. The smallest absolute Gasteiger partial charge is 0.269 e. The van der Waals surface area contributed by atoms with Gasteiger partial charge < -0.3 is 20.3 Å². The number of anilines is 2. The van der Waals surface area contributed by atoms with Crippen LogP contribution in [0.4, 0.5) is 11.6 Å². The molecule has 4 heterocycles. The van der Waals surface area contributed by atoms with Crippen molar-refractivity contribution in [3.8, 4) is 5.75 Å². The SMILES string of the molecule is CC1(C)Oc2c(ncnc2N2CCC3(CCCNC3)CC2)NC1=O. The fraction of sp³-hybridized carbons (Fsp3) is 0.706. The first-order valence-electron chi connectivity index (χ1n) is 8.80. The van der Waals surface area contributed by atoms with Gasteiger partial charge in [-0.15, -0.1) is 0 Å². The molecule has 130 valence electrons. The highest BCUT2D eigenvalue weighted by molar-refractivity contribution is 6.00. The highest BCUT2D eigenvalue weighted by Crippen LogP contribution is 2.43. The standard InChI is InChI=1S/C17H25N5O2/c1-16(2)15(23)21-13-12(24-16)14(20-11-19-13)22-8-5-17(6-9-22)4-3-7-18-10-17/h11,18H,3-10H2,1-2H3,(H,19,20,21,23). The largest absolute Gasteiger partial charge is 0.470 e. The molecule has 3 aliphatic heterocycles.